The maximum Gasteiger partial charge on any atom is 0.340 e. The number of benzene rings is 1. The lowest BCUT2D eigenvalue weighted by Crippen LogP contribution is -2.31. The lowest BCUT2D eigenvalue weighted by atomic mass is 9.80. The van der Waals surface area contributed by atoms with Crippen LogP contribution in [0.3, 0.4) is 0 Å². The van der Waals surface area contributed by atoms with Crippen molar-refractivity contribution in [3.8, 4) is 0 Å². The first kappa shape index (κ1) is 15.2. The topological polar surface area (TPSA) is 81.5 Å². The highest BCUT2D eigenvalue weighted by molar-refractivity contribution is 5.92. The molecule has 2 rings (SSSR count). The van der Waals surface area contributed by atoms with Crippen molar-refractivity contribution in [2.75, 3.05) is 12.4 Å². The minimum Gasteiger partial charge on any atom is -0.465 e. The molecule has 0 saturated heterocycles. The van der Waals surface area contributed by atoms with Crippen LogP contribution >= 0.6 is 0 Å². The van der Waals surface area contributed by atoms with E-state index in [0.29, 0.717) is 5.92 Å². The number of nitrogens with zero attached hydrogens (tertiary/aromatic N) is 1. The maximum atomic E-state index is 13.8. The highest BCUT2D eigenvalue weighted by atomic mass is 19.1. The Morgan fingerprint density at radius 3 is 2.67 bits per heavy atom. The smallest absolute Gasteiger partial charge is 0.340 e. The number of carbonyl (C=O) groups excluding carboxylic acids is 1. The third-order valence-corrected chi connectivity index (χ3v) is 3.93. The average Bonchev–Trinajstić information content (AvgIpc) is 2.37. The van der Waals surface area contributed by atoms with Crippen LogP contribution < -0.4 is 5.32 Å². The number of nitrogens with one attached hydrogen (secondary N) is 1. The van der Waals surface area contributed by atoms with Gasteiger partial charge in [-0.15, -0.1) is 0 Å². The molecule has 1 N–H and O–H groups in total. The van der Waals surface area contributed by atoms with E-state index in [1.165, 1.54) is 0 Å². The fourth-order valence-electron chi connectivity index (χ4n) is 2.40. The number of esters is 1. The molecule has 0 spiro atoms. The minimum absolute atomic E-state index is 0.0217. The molecule has 21 heavy (non-hydrogen) atoms. The first-order chi connectivity index (χ1) is 9.93. The number of ether oxygens (including phenoxy) is 1. The number of hydrogen-bond donors (Lipinski definition) is 1. The normalized spacial score (nSPS) is 16.0. The van der Waals surface area contributed by atoms with Gasteiger partial charge in [0.15, 0.2) is 0 Å². The Balaban J connectivity index is 2.35. The monoisotopic (exact) mass is 296 g/mol. The molecular formula is C14H17FN2O4. The zero-order chi connectivity index (χ0) is 15.6. The van der Waals surface area contributed by atoms with Crippen molar-refractivity contribution < 1.29 is 18.8 Å². The molecule has 1 aromatic carbocycles. The van der Waals surface area contributed by atoms with Crippen LogP contribution in [0.2, 0.25) is 0 Å². The summed E-state index contributed by atoms with van der Waals surface area (Å²) >= 11 is 0. The van der Waals surface area contributed by atoms with Crippen molar-refractivity contribution in [1.29, 1.82) is 0 Å². The van der Waals surface area contributed by atoms with E-state index in [2.05, 4.69) is 10.1 Å². The largest absolute Gasteiger partial charge is 0.465 e. The van der Waals surface area contributed by atoms with Crippen LogP contribution in [-0.4, -0.2) is 24.0 Å². The predicted molar refractivity (Wildman–Crippen MR) is 74.8 cm³/mol. The fraction of sp³-hybridized carbons (Fsp3) is 0.500. The van der Waals surface area contributed by atoms with Crippen molar-refractivity contribution in [3.63, 3.8) is 0 Å². The van der Waals surface area contributed by atoms with Gasteiger partial charge in [-0.1, -0.05) is 6.42 Å². The fourth-order valence-corrected chi connectivity index (χ4v) is 2.40. The van der Waals surface area contributed by atoms with Gasteiger partial charge >= 0.3 is 5.97 Å². The summed E-state index contributed by atoms with van der Waals surface area (Å²) in [5.41, 5.74) is -0.557. The Morgan fingerprint density at radius 2 is 2.19 bits per heavy atom. The van der Waals surface area contributed by atoms with Crippen LogP contribution in [0.4, 0.5) is 15.8 Å². The second-order valence-electron chi connectivity index (χ2n) is 5.22. The summed E-state index contributed by atoms with van der Waals surface area (Å²) in [7, 11) is 1.13. The number of hydrogen-bond acceptors (Lipinski definition) is 5. The van der Waals surface area contributed by atoms with Gasteiger partial charge in [-0.3, -0.25) is 10.1 Å². The number of anilines is 1. The molecule has 1 atom stereocenters. The number of nitro benzene ring substituents is 1. The molecule has 0 aromatic heterocycles. The molecule has 0 bridgehead atoms. The Bertz CT molecular complexity index is 572. The van der Waals surface area contributed by atoms with Crippen LogP contribution in [-0.2, 0) is 4.74 Å². The van der Waals surface area contributed by atoms with Gasteiger partial charge in [-0.25, -0.2) is 9.18 Å². The number of nitro groups is 1. The SMILES string of the molecule is COC(=O)c1cc(NC(C)C2CCC2)c([N+](=O)[O-])cc1F. The van der Waals surface area contributed by atoms with Gasteiger partial charge in [-0.05, 0) is 31.7 Å². The van der Waals surface area contributed by atoms with Gasteiger partial charge in [-0.2, -0.15) is 0 Å². The number of methoxy groups -OCH3 is 1. The van der Waals surface area contributed by atoms with Gasteiger partial charge in [0, 0.05) is 6.04 Å². The molecule has 6 nitrogen and oxygen atoms in total. The molecule has 0 aliphatic heterocycles. The highest BCUT2D eigenvalue weighted by Gasteiger charge is 2.27. The molecular weight excluding hydrogens is 279 g/mol. The van der Waals surface area contributed by atoms with Crippen molar-refractivity contribution >= 4 is 17.3 Å². The van der Waals surface area contributed by atoms with Gasteiger partial charge in [0.05, 0.1) is 23.7 Å². The number of rotatable bonds is 5. The predicted octanol–water partition coefficient (Wildman–Crippen LogP) is 3.12. The molecule has 7 heteroatoms. The van der Waals surface area contributed by atoms with E-state index in [-0.39, 0.29) is 23.0 Å². The Kier molecular flexibility index (Phi) is 4.40. The lowest BCUT2D eigenvalue weighted by Gasteiger charge is -2.32. The van der Waals surface area contributed by atoms with E-state index < -0.39 is 16.7 Å². The molecule has 1 aromatic rings. The van der Waals surface area contributed by atoms with E-state index in [9.17, 15) is 19.3 Å². The van der Waals surface area contributed by atoms with E-state index in [4.69, 9.17) is 0 Å². The summed E-state index contributed by atoms with van der Waals surface area (Å²) < 4.78 is 18.2. The molecule has 0 heterocycles. The van der Waals surface area contributed by atoms with Gasteiger partial charge < -0.3 is 10.1 Å². The van der Waals surface area contributed by atoms with Crippen LogP contribution in [0.25, 0.3) is 0 Å². The molecule has 1 fully saturated rings. The van der Waals surface area contributed by atoms with Crippen molar-refractivity contribution in [2.24, 2.45) is 5.92 Å². The summed E-state index contributed by atoms with van der Waals surface area (Å²) in [5, 5.41) is 14.1. The summed E-state index contributed by atoms with van der Waals surface area (Å²) in [6, 6.07) is 1.92. The van der Waals surface area contributed by atoms with E-state index in [1.54, 1.807) is 0 Å². The van der Waals surface area contributed by atoms with Gasteiger partial charge in [0.1, 0.15) is 11.5 Å². The Hall–Kier alpha value is -2.18. The van der Waals surface area contributed by atoms with Crippen LogP contribution in [0.15, 0.2) is 12.1 Å². The van der Waals surface area contributed by atoms with Crippen LogP contribution in [0, 0.1) is 21.8 Å². The average molecular weight is 296 g/mol. The molecule has 1 aliphatic rings. The van der Waals surface area contributed by atoms with Gasteiger partial charge in [0.25, 0.3) is 5.69 Å². The van der Waals surface area contributed by atoms with Crippen molar-refractivity contribution in [2.45, 2.75) is 32.2 Å². The second kappa shape index (κ2) is 6.07. The van der Waals surface area contributed by atoms with Crippen molar-refractivity contribution in [1.82, 2.24) is 0 Å². The first-order valence-corrected chi connectivity index (χ1v) is 6.76. The Morgan fingerprint density at radius 1 is 1.52 bits per heavy atom. The summed E-state index contributed by atoms with van der Waals surface area (Å²) in [6.45, 7) is 1.93. The quantitative estimate of drug-likeness (QED) is 0.513. The summed E-state index contributed by atoms with van der Waals surface area (Å²) in [5.74, 6) is -1.38. The second-order valence-corrected chi connectivity index (χ2v) is 5.22. The Labute approximate surface area is 121 Å². The summed E-state index contributed by atoms with van der Waals surface area (Å²) in [6.07, 6.45) is 3.27. The highest BCUT2D eigenvalue weighted by Crippen LogP contribution is 2.34. The van der Waals surface area contributed by atoms with Crippen LogP contribution in [0.5, 0.6) is 0 Å². The van der Waals surface area contributed by atoms with Crippen LogP contribution in [0.1, 0.15) is 36.5 Å². The molecule has 114 valence electrons. The number of halogens is 1. The molecule has 0 amide bonds. The maximum absolute atomic E-state index is 13.8. The standard InChI is InChI=1S/C14H17FN2O4/c1-8(9-4-3-5-9)16-12-6-10(14(18)21-2)11(15)7-13(12)17(19)20/h6-9,16H,3-5H2,1-2H3. The van der Waals surface area contributed by atoms with E-state index in [0.717, 1.165) is 38.5 Å². The number of carbonyl (C=O) groups is 1. The van der Waals surface area contributed by atoms with E-state index >= 15 is 0 Å². The third kappa shape index (κ3) is 3.12. The van der Waals surface area contributed by atoms with Crippen molar-refractivity contribution in [3.05, 3.63) is 33.6 Å². The zero-order valence-corrected chi connectivity index (χ0v) is 11.9. The third-order valence-electron chi connectivity index (χ3n) is 3.93. The lowest BCUT2D eigenvalue weighted by molar-refractivity contribution is -0.384. The molecule has 1 aliphatic carbocycles. The molecule has 0 radical (unpaired) electrons. The first-order valence-electron chi connectivity index (χ1n) is 6.76. The minimum atomic E-state index is -0.963. The summed E-state index contributed by atoms with van der Waals surface area (Å²) in [4.78, 5) is 21.9. The molecule has 1 unspecified atom stereocenters. The zero-order valence-electron chi connectivity index (χ0n) is 11.9. The van der Waals surface area contributed by atoms with E-state index in [1.807, 2.05) is 6.92 Å². The van der Waals surface area contributed by atoms with Gasteiger partial charge in [0.2, 0.25) is 0 Å². The molecule has 1 saturated carbocycles.